The monoisotopic (exact) mass is 626 g/mol. The minimum absolute atomic E-state index is 0.0194. The first kappa shape index (κ1) is 32.7. The molecule has 45 heavy (non-hydrogen) atoms. The van der Waals surface area contributed by atoms with Crippen molar-refractivity contribution >= 4 is 41.0 Å². The maximum absolute atomic E-state index is 14.1. The molecular weight excluding hydrogens is 572 g/mol. The van der Waals surface area contributed by atoms with Crippen LogP contribution in [0.5, 0.6) is 0 Å². The Kier molecular flexibility index (Phi) is 11.7. The molecular formula is C35H52N4O6. The molecule has 248 valence electrons. The third kappa shape index (κ3) is 9.65. The molecule has 1 aromatic heterocycles. The van der Waals surface area contributed by atoms with Gasteiger partial charge in [0.25, 0.3) is 0 Å². The Morgan fingerprint density at radius 3 is 2.38 bits per heavy atom. The molecule has 10 heteroatoms. The summed E-state index contributed by atoms with van der Waals surface area (Å²) in [4.78, 5) is 67.8. The lowest BCUT2D eigenvalue weighted by Gasteiger charge is -2.40. The van der Waals surface area contributed by atoms with Gasteiger partial charge in [-0.2, -0.15) is 0 Å². The molecule has 1 unspecified atom stereocenters. The lowest BCUT2D eigenvalue weighted by Crippen LogP contribution is -2.53. The van der Waals surface area contributed by atoms with Crippen LogP contribution in [0.3, 0.4) is 0 Å². The fraction of sp³-hybridized carbons (Fsp3) is 0.629. The molecule has 1 aliphatic heterocycles. The number of carbonyl (C=O) groups excluding carboxylic acids is 5. The van der Waals surface area contributed by atoms with Crippen molar-refractivity contribution in [3.8, 4) is 0 Å². The number of aromatic nitrogens is 1. The predicted molar refractivity (Wildman–Crippen MR) is 175 cm³/mol. The van der Waals surface area contributed by atoms with Gasteiger partial charge in [0.1, 0.15) is 12.3 Å². The van der Waals surface area contributed by atoms with E-state index < -0.39 is 35.9 Å². The van der Waals surface area contributed by atoms with Crippen LogP contribution in [0.25, 0.3) is 10.9 Å². The molecule has 10 nitrogen and oxygen atoms in total. The number of piperidine rings is 1. The van der Waals surface area contributed by atoms with Crippen LogP contribution in [0.15, 0.2) is 30.5 Å². The van der Waals surface area contributed by atoms with E-state index in [-0.39, 0.29) is 50.0 Å². The number of methoxy groups -OCH3 is 1. The number of amides is 3. The number of para-hydroxylation sites is 1. The highest BCUT2D eigenvalue weighted by molar-refractivity contribution is 5.94. The first-order chi connectivity index (χ1) is 22.4. The molecule has 1 fully saturated rings. The van der Waals surface area contributed by atoms with Crippen LogP contribution in [-0.4, -0.2) is 70.8 Å². The maximum atomic E-state index is 14.1. The largest absolute Gasteiger partial charge is 0.452 e. The summed E-state index contributed by atoms with van der Waals surface area (Å²) in [5.41, 5.74) is 0.873. The number of benzene rings is 1. The van der Waals surface area contributed by atoms with Crippen LogP contribution >= 0.6 is 0 Å². The number of rotatable bonds is 13. The topological polar surface area (TPSA) is 127 Å². The highest BCUT2D eigenvalue weighted by atomic mass is 16.5. The Balaban J connectivity index is 1.96. The standard InChI is InChI=1S/C35H52N4O6/c1-8-9-15-27(22-40)36-33(43)29(18-26-21-38(34(44)45-7)30-17-11-10-16-28(26)30)37-32(42)25(20-35(4,5)6)19-31(41)39-23(2)13-12-14-24(39)3/h10-11,16-17,21-25,27,29H,8-9,12-15,18-20H2,1-7H3,(H,36,43)(H,37,42)/t23-,24+,25-,27+,29?/m0/s1/i2D,3D. The first-order valence-electron chi connectivity index (χ1n) is 17.4. The summed E-state index contributed by atoms with van der Waals surface area (Å²) in [5, 5.41) is 6.40. The summed E-state index contributed by atoms with van der Waals surface area (Å²) in [6.45, 7) is 8.00. The molecule has 0 spiro atoms. The van der Waals surface area contributed by atoms with Gasteiger partial charge < -0.3 is 25.1 Å². The van der Waals surface area contributed by atoms with Gasteiger partial charge >= 0.3 is 6.09 Å². The lowest BCUT2D eigenvalue weighted by molar-refractivity contribution is -0.142. The van der Waals surface area contributed by atoms with Gasteiger partial charge in [-0.1, -0.05) is 58.7 Å². The summed E-state index contributed by atoms with van der Waals surface area (Å²) in [7, 11) is 1.28. The molecule has 2 heterocycles. The van der Waals surface area contributed by atoms with Gasteiger partial charge in [-0.05, 0) is 62.9 Å². The zero-order chi connectivity index (χ0) is 34.7. The Morgan fingerprint density at radius 2 is 1.78 bits per heavy atom. The molecule has 2 N–H and O–H groups in total. The molecule has 1 aliphatic rings. The van der Waals surface area contributed by atoms with E-state index in [4.69, 9.17) is 7.48 Å². The van der Waals surface area contributed by atoms with Crippen molar-refractivity contribution in [3.63, 3.8) is 0 Å². The zero-order valence-electron chi connectivity index (χ0n) is 29.5. The van der Waals surface area contributed by atoms with E-state index in [1.54, 1.807) is 23.2 Å². The third-order valence-corrected chi connectivity index (χ3v) is 8.38. The van der Waals surface area contributed by atoms with Gasteiger partial charge in [0, 0.05) is 45.2 Å². The van der Waals surface area contributed by atoms with Gasteiger partial charge in [-0.15, -0.1) is 0 Å². The van der Waals surface area contributed by atoms with Crippen molar-refractivity contribution in [1.29, 1.82) is 0 Å². The molecule has 0 bridgehead atoms. The number of hydrogen-bond donors (Lipinski definition) is 2. The van der Waals surface area contributed by atoms with Gasteiger partial charge in [-0.25, -0.2) is 4.79 Å². The Hall–Kier alpha value is -3.69. The molecule has 2 aromatic rings. The van der Waals surface area contributed by atoms with Crippen molar-refractivity contribution in [1.82, 2.24) is 20.1 Å². The normalized spacial score (nSPS) is 19.5. The predicted octanol–water partition coefficient (Wildman–Crippen LogP) is 5.39. The van der Waals surface area contributed by atoms with E-state index in [2.05, 4.69) is 10.6 Å². The van der Waals surface area contributed by atoms with E-state index in [0.29, 0.717) is 48.4 Å². The quantitative estimate of drug-likeness (QED) is 0.287. The van der Waals surface area contributed by atoms with Crippen molar-refractivity contribution in [2.45, 2.75) is 123 Å². The first-order valence-corrected chi connectivity index (χ1v) is 16.0. The number of fused-ring (bicyclic) bond motifs is 1. The summed E-state index contributed by atoms with van der Waals surface area (Å²) < 4.78 is 22.3. The van der Waals surface area contributed by atoms with Crippen molar-refractivity contribution < 1.29 is 31.5 Å². The average molecular weight is 627 g/mol. The number of carbonyl (C=O) groups is 5. The fourth-order valence-electron chi connectivity index (χ4n) is 6.15. The van der Waals surface area contributed by atoms with E-state index in [0.717, 1.165) is 19.3 Å². The summed E-state index contributed by atoms with van der Waals surface area (Å²) in [6.07, 6.45) is 6.23. The van der Waals surface area contributed by atoms with E-state index in [9.17, 15) is 24.0 Å². The van der Waals surface area contributed by atoms with Gasteiger partial charge in [-0.3, -0.25) is 19.0 Å². The second-order valence-corrected chi connectivity index (χ2v) is 13.4. The second-order valence-electron chi connectivity index (χ2n) is 13.4. The molecule has 0 saturated carbocycles. The van der Waals surface area contributed by atoms with Gasteiger partial charge in [0.05, 0.1) is 18.7 Å². The fourth-order valence-corrected chi connectivity index (χ4v) is 6.15. The molecule has 1 saturated heterocycles. The van der Waals surface area contributed by atoms with Crippen LogP contribution in [-0.2, 0) is 30.3 Å². The summed E-state index contributed by atoms with van der Waals surface area (Å²) in [6, 6.07) is 4.75. The molecule has 1 aromatic carbocycles. The number of aldehydes is 1. The zero-order valence-corrected chi connectivity index (χ0v) is 27.5. The number of nitrogens with zero attached hydrogens (tertiary/aromatic N) is 2. The number of hydrogen-bond acceptors (Lipinski definition) is 6. The second kappa shape index (κ2) is 16.0. The SMILES string of the molecule is [2H]C[C@@H]1CCC[C@H](C[2H])N1C(=O)C[C@@H](CC(C)(C)C)C(=O)NC(Cc1cn(C(=O)OC)c2ccccc12)C(=O)N[C@@H](C=O)CCCC. The van der Waals surface area contributed by atoms with Crippen molar-refractivity contribution in [2.24, 2.45) is 11.3 Å². The number of unbranched alkanes of at least 4 members (excludes halogenated alkanes) is 1. The molecule has 0 aliphatic carbocycles. The van der Waals surface area contributed by atoms with E-state index >= 15 is 0 Å². The minimum Gasteiger partial charge on any atom is -0.452 e. The Bertz CT molecular complexity index is 1380. The maximum Gasteiger partial charge on any atom is 0.418 e. The van der Waals surface area contributed by atoms with Gasteiger partial charge in [0.15, 0.2) is 0 Å². The highest BCUT2D eigenvalue weighted by Crippen LogP contribution is 2.30. The van der Waals surface area contributed by atoms with Crippen LogP contribution in [0, 0.1) is 11.3 Å². The number of ether oxygens (including phenoxy) is 1. The Labute approximate surface area is 270 Å². The molecule has 3 amide bonds. The highest BCUT2D eigenvalue weighted by Gasteiger charge is 2.35. The molecule has 0 radical (unpaired) electrons. The van der Waals surface area contributed by atoms with Crippen molar-refractivity contribution in [2.75, 3.05) is 7.11 Å². The number of likely N-dealkylation sites (tertiary alicyclic amines) is 1. The van der Waals surface area contributed by atoms with Crippen LogP contribution < -0.4 is 10.6 Å². The average Bonchev–Trinajstić information content (AvgIpc) is 3.42. The Morgan fingerprint density at radius 1 is 1.09 bits per heavy atom. The van der Waals surface area contributed by atoms with Gasteiger partial charge in [0.2, 0.25) is 17.7 Å². The third-order valence-electron chi connectivity index (χ3n) is 8.38. The van der Waals surface area contributed by atoms with E-state index in [1.807, 2.05) is 39.8 Å². The summed E-state index contributed by atoms with van der Waals surface area (Å²) in [5.74, 6) is -2.05. The van der Waals surface area contributed by atoms with Crippen LogP contribution in [0.4, 0.5) is 4.79 Å². The van der Waals surface area contributed by atoms with Crippen LogP contribution in [0.1, 0.15) is 101 Å². The molecule has 3 rings (SSSR count). The van der Waals surface area contributed by atoms with E-state index in [1.165, 1.54) is 11.7 Å². The summed E-state index contributed by atoms with van der Waals surface area (Å²) >= 11 is 0. The number of nitrogens with one attached hydrogen (secondary N) is 2. The lowest BCUT2D eigenvalue weighted by atomic mass is 9.82. The smallest absolute Gasteiger partial charge is 0.418 e. The van der Waals surface area contributed by atoms with Crippen molar-refractivity contribution in [3.05, 3.63) is 36.0 Å². The van der Waals surface area contributed by atoms with Crippen LogP contribution in [0.2, 0.25) is 0 Å². The minimum atomic E-state index is -1.11. The molecule has 5 atom stereocenters.